The summed E-state index contributed by atoms with van der Waals surface area (Å²) in [5, 5.41) is 7.98. The van der Waals surface area contributed by atoms with Gasteiger partial charge < -0.3 is 5.32 Å². The maximum absolute atomic E-state index is 12.2. The molecule has 5 nitrogen and oxygen atoms in total. The van der Waals surface area contributed by atoms with E-state index in [1.807, 2.05) is 39.3 Å². The van der Waals surface area contributed by atoms with Crippen molar-refractivity contribution >= 4 is 38.3 Å². The van der Waals surface area contributed by atoms with Crippen LogP contribution in [0.15, 0.2) is 4.47 Å². The second-order valence-electron chi connectivity index (χ2n) is 5.22. The van der Waals surface area contributed by atoms with E-state index < -0.39 is 0 Å². The first-order chi connectivity index (χ1) is 9.79. The summed E-state index contributed by atoms with van der Waals surface area (Å²) >= 11 is 5.00. The van der Waals surface area contributed by atoms with E-state index in [0.29, 0.717) is 11.7 Å². The van der Waals surface area contributed by atoms with E-state index in [-0.39, 0.29) is 11.8 Å². The smallest absolute Gasteiger partial charge is 0.230 e. The number of aromatic nitrogens is 3. The fourth-order valence-corrected chi connectivity index (χ4v) is 3.05. The van der Waals surface area contributed by atoms with Crippen LogP contribution in [0.3, 0.4) is 0 Å². The molecule has 1 N–H and O–H groups in total. The molecule has 114 valence electrons. The highest BCUT2D eigenvalue weighted by Crippen LogP contribution is 2.23. The summed E-state index contributed by atoms with van der Waals surface area (Å²) in [7, 11) is 0. The van der Waals surface area contributed by atoms with Crippen molar-refractivity contribution in [2.45, 2.75) is 41.2 Å². The van der Waals surface area contributed by atoms with E-state index >= 15 is 0 Å². The number of thiazole rings is 1. The van der Waals surface area contributed by atoms with Gasteiger partial charge in [-0.2, -0.15) is 5.10 Å². The number of aryl methyl sites for hydroxylation is 3. The van der Waals surface area contributed by atoms with Gasteiger partial charge in [0.2, 0.25) is 5.91 Å². The maximum Gasteiger partial charge on any atom is 0.230 e. The van der Waals surface area contributed by atoms with Gasteiger partial charge in [-0.15, -0.1) is 11.3 Å². The molecule has 0 aromatic carbocycles. The molecule has 0 fully saturated rings. The molecule has 0 radical (unpaired) electrons. The van der Waals surface area contributed by atoms with Crippen molar-refractivity contribution < 1.29 is 4.79 Å². The minimum absolute atomic E-state index is 0.0348. The average Bonchev–Trinajstić information content (AvgIpc) is 2.85. The number of hydrogen-bond donors (Lipinski definition) is 1. The molecule has 2 aromatic heterocycles. The highest BCUT2D eigenvalue weighted by molar-refractivity contribution is 9.10. The normalized spacial score (nSPS) is 12.5. The van der Waals surface area contributed by atoms with Crippen LogP contribution >= 0.6 is 27.3 Å². The first kappa shape index (κ1) is 16.2. The van der Waals surface area contributed by atoms with Gasteiger partial charge in [-0.25, -0.2) is 4.98 Å². The standard InChI is InChI=1S/C14H19BrN4OS/c1-7(6-19-10(4)12(15)9(3)18-19)13(20)17-14-16-8(2)11(5)21-14/h7H,6H2,1-5H3,(H,16,17,20). The van der Waals surface area contributed by atoms with Crippen molar-refractivity contribution in [2.24, 2.45) is 5.92 Å². The Kier molecular flexibility index (Phi) is 4.83. The highest BCUT2D eigenvalue weighted by atomic mass is 79.9. The van der Waals surface area contributed by atoms with Crippen LogP contribution in [-0.2, 0) is 11.3 Å². The minimum Gasteiger partial charge on any atom is -0.302 e. The number of amides is 1. The lowest BCUT2D eigenvalue weighted by Crippen LogP contribution is -2.25. The average molecular weight is 371 g/mol. The van der Waals surface area contributed by atoms with Gasteiger partial charge >= 0.3 is 0 Å². The predicted octanol–water partition coefficient (Wildman–Crippen LogP) is 3.61. The SMILES string of the molecule is Cc1nc(NC(=O)C(C)Cn2nc(C)c(Br)c2C)sc1C. The largest absolute Gasteiger partial charge is 0.302 e. The Balaban J connectivity index is 2.04. The zero-order valence-corrected chi connectivity index (χ0v) is 15.2. The van der Waals surface area contributed by atoms with Gasteiger partial charge in [-0.3, -0.25) is 9.48 Å². The van der Waals surface area contributed by atoms with Crippen LogP contribution in [-0.4, -0.2) is 20.7 Å². The van der Waals surface area contributed by atoms with Crippen LogP contribution in [0.2, 0.25) is 0 Å². The third-order valence-corrected chi connectivity index (χ3v) is 5.58. The van der Waals surface area contributed by atoms with Gasteiger partial charge in [-0.05, 0) is 43.6 Å². The first-order valence-corrected chi connectivity index (χ1v) is 8.35. The van der Waals surface area contributed by atoms with Gasteiger partial charge in [0, 0.05) is 10.6 Å². The third kappa shape index (κ3) is 3.52. The molecule has 0 aliphatic carbocycles. The Bertz CT molecular complexity index is 657. The second-order valence-corrected chi connectivity index (χ2v) is 7.21. The lowest BCUT2D eigenvalue weighted by Gasteiger charge is -2.12. The zero-order valence-electron chi connectivity index (χ0n) is 12.8. The summed E-state index contributed by atoms with van der Waals surface area (Å²) in [5.41, 5.74) is 2.93. The van der Waals surface area contributed by atoms with Crippen molar-refractivity contribution in [1.29, 1.82) is 0 Å². The van der Waals surface area contributed by atoms with Crippen LogP contribution in [0.25, 0.3) is 0 Å². The summed E-state index contributed by atoms with van der Waals surface area (Å²) < 4.78 is 2.86. The molecule has 0 spiro atoms. The monoisotopic (exact) mass is 370 g/mol. The van der Waals surface area contributed by atoms with Crippen LogP contribution in [0, 0.1) is 33.6 Å². The molecule has 1 atom stereocenters. The molecule has 21 heavy (non-hydrogen) atoms. The fourth-order valence-electron chi connectivity index (χ4n) is 1.95. The molecule has 7 heteroatoms. The fraction of sp³-hybridized carbons (Fsp3) is 0.500. The number of carbonyl (C=O) groups is 1. The Labute approximate surface area is 136 Å². The third-order valence-electron chi connectivity index (χ3n) is 3.45. The van der Waals surface area contributed by atoms with E-state index in [2.05, 4.69) is 31.3 Å². The molecule has 0 bridgehead atoms. The molecular weight excluding hydrogens is 352 g/mol. The second kappa shape index (κ2) is 6.27. The minimum atomic E-state index is -0.181. The van der Waals surface area contributed by atoms with Crippen molar-refractivity contribution in [3.8, 4) is 0 Å². The van der Waals surface area contributed by atoms with Crippen LogP contribution in [0.1, 0.15) is 28.9 Å². The lowest BCUT2D eigenvalue weighted by molar-refractivity contribution is -0.119. The molecule has 0 aliphatic rings. The van der Waals surface area contributed by atoms with E-state index in [9.17, 15) is 4.79 Å². The Morgan fingerprint density at radius 3 is 2.48 bits per heavy atom. The quantitative estimate of drug-likeness (QED) is 0.893. The van der Waals surface area contributed by atoms with Gasteiger partial charge in [0.1, 0.15) is 0 Å². The van der Waals surface area contributed by atoms with Crippen molar-refractivity contribution in [3.63, 3.8) is 0 Å². The summed E-state index contributed by atoms with van der Waals surface area (Å²) in [4.78, 5) is 17.7. The van der Waals surface area contributed by atoms with E-state index in [1.165, 1.54) is 11.3 Å². The summed E-state index contributed by atoms with van der Waals surface area (Å²) in [5.74, 6) is -0.216. The van der Waals surface area contributed by atoms with Crippen molar-refractivity contribution in [3.05, 3.63) is 26.4 Å². The van der Waals surface area contributed by atoms with E-state index in [1.54, 1.807) is 0 Å². The Morgan fingerprint density at radius 1 is 1.33 bits per heavy atom. The first-order valence-electron chi connectivity index (χ1n) is 6.74. The lowest BCUT2D eigenvalue weighted by atomic mass is 10.1. The molecule has 2 rings (SSSR count). The highest BCUT2D eigenvalue weighted by Gasteiger charge is 2.18. The summed E-state index contributed by atoms with van der Waals surface area (Å²) in [6, 6.07) is 0. The Morgan fingerprint density at radius 2 is 2.00 bits per heavy atom. The molecule has 0 aliphatic heterocycles. The number of rotatable bonds is 4. The summed E-state index contributed by atoms with van der Waals surface area (Å²) in [6.45, 7) is 10.3. The van der Waals surface area contributed by atoms with Gasteiger partial charge in [0.15, 0.2) is 5.13 Å². The number of anilines is 1. The molecule has 0 saturated heterocycles. The summed E-state index contributed by atoms with van der Waals surface area (Å²) in [6.07, 6.45) is 0. The topological polar surface area (TPSA) is 59.8 Å². The van der Waals surface area contributed by atoms with Crippen molar-refractivity contribution in [1.82, 2.24) is 14.8 Å². The molecule has 2 aromatic rings. The van der Waals surface area contributed by atoms with Gasteiger partial charge in [0.25, 0.3) is 0 Å². The zero-order chi connectivity index (χ0) is 15.7. The molecule has 1 unspecified atom stereocenters. The number of carbonyl (C=O) groups excluding carboxylic acids is 1. The predicted molar refractivity (Wildman–Crippen MR) is 88.8 cm³/mol. The number of nitrogens with zero attached hydrogens (tertiary/aromatic N) is 3. The molecule has 0 saturated carbocycles. The number of halogens is 1. The maximum atomic E-state index is 12.2. The number of nitrogens with one attached hydrogen (secondary N) is 1. The number of hydrogen-bond acceptors (Lipinski definition) is 4. The Hall–Kier alpha value is -1.21. The van der Waals surface area contributed by atoms with Crippen LogP contribution in [0.5, 0.6) is 0 Å². The van der Waals surface area contributed by atoms with Gasteiger partial charge in [-0.1, -0.05) is 6.92 Å². The van der Waals surface area contributed by atoms with Crippen LogP contribution < -0.4 is 5.32 Å². The molecule has 1 amide bonds. The van der Waals surface area contributed by atoms with Gasteiger partial charge in [0.05, 0.1) is 28.3 Å². The molecule has 2 heterocycles. The van der Waals surface area contributed by atoms with E-state index in [0.717, 1.165) is 26.4 Å². The van der Waals surface area contributed by atoms with Crippen molar-refractivity contribution in [2.75, 3.05) is 5.32 Å². The molecular formula is C14H19BrN4OS. The van der Waals surface area contributed by atoms with E-state index in [4.69, 9.17) is 0 Å². The van der Waals surface area contributed by atoms with Crippen LogP contribution in [0.4, 0.5) is 5.13 Å².